The summed E-state index contributed by atoms with van der Waals surface area (Å²) in [4.78, 5) is 31.0. The number of aromatic nitrogens is 2. The number of para-hydroxylation sites is 2. The quantitative estimate of drug-likeness (QED) is 0.688. The average Bonchev–Trinajstić information content (AvgIpc) is 2.94. The molecule has 0 aliphatic heterocycles. The maximum absolute atomic E-state index is 11.9. The fourth-order valence-electron chi connectivity index (χ4n) is 2.08. The Kier molecular flexibility index (Phi) is 4.25. The number of H-pyrrole nitrogens is 1. The Hall–Kier alpha value is -2.86. The maximum Gasteiger partial charge on any atom is 0.251 e. The van der Waals surface area contributed by atoms with E-state index in [-0.39, 0.29) is 18.4 Å². The highest BCUT2D eigenvalue weighted by Crippen LogP contribution is 2.13. The van der Waals surface area contributed by atoms with Gasteiger partial charge in [0.05, 0.1) is 17.6 Å². The van der Waals surface area contributed by atoms with Gasteiger partial charge in [0.2, 0.25) is 11.9 Å². The minimum Gasteiger partial charge on any atom is -0.343 e. The minimum absolute atomic E-state index is 0.164. The number of aromatic amines is 1. The summed E-state index contributed by atoms with van der Waals surface area (Å²) in [5.41, 5.74) is 1.98. The van der Waals surface area contributed by atoms with E-state index in [1.807, 2.05) is 24.3 Å². The van der Waals surface area contributed by atoms with E-state index in [0.717, 1.165) is 11.0 Å². The van der Waals surface area contributed by atoms with Crippen molar-refractivity contribution in [1.29, 1.82) is 0 Å². The standard InChI is InChI=1S/C16H13ClN4O2/c17-11-5-3-4-10(8-11)15(23)18-9-14(22)21-16-19-12-6-1-2-7-13(12)20-16/h1-8H,9H2,(H,18,23)(H2,19,20,21,22). The van der Waals surface area contributed by atoms with Gasteiger partial charge in [-0.25, -0.2) is 4.98 Å². The number of halogens is 1. The molecule has 0 aliphatic rings. The fourth-order valence-corrected chi connectivity index (χ4v) is 2.27. The van der Waals surface area contributed by atoms with Crippen LogP contribution in [0, 0.1) is 0 Å². The lowest BCUT2D eigenvalue weighted by atomic mass is 10.2. The molecule has 116 valence electrons. The molecule has 0 radical (unpaired) electrons. The van der Waals surface area contributed by atoms with E-state index in [9.17, 15) is 9.59 Å². The molecule has 7 heteroatoms. The number of fused-ring (bicyclic) bond motifs is 1. The predicted molar refractivity (Wildman–Crippen MR) is 88.5 cm³/mol. The second-order valence-electron chi connectivity index (χ2n) is 4.84. The van der Waals surface area contributed by atoms with Crippen LogP contribution in [-0.4, -0.2) is 28.3 Å². The van der Waals surface area contributed by atoms with Crippen LogP contribution in [0.2, 0.25) is 5.02 Å². The van der Waals surface area contributed by atoms with E-state index in [2.05, 4.69) is 20.6 Å². The number of hydrogen-bond acceptors (Lipinski definition) is 3. The van der Waals surface area contributed by atoms with E-state index in [1.165, 1.54) is 6.07 Å². The molecule has 2 amide bonds. The van der Waals surface area contributed by atoms with Crippen molar-refractivity contribution in [2.75, 3.05) is 11.9 Å². The number of nitrogens with zero attached hydrogens (tertiary/aromatic N) is 1. The summed E-state index contributed by atoms with van der Waals surface area (Å²) < 4.78 is 0. The molecule has 23 heavy (non-hydrogen) atoms. The molecule has 0 bridgehead atoms. The summed E-state index contributed by atoms with van der Waals surface area (Å²) >= 11 is 5.83. The van der Waals surface area contributed by atoms with Crippen LogP contribution in [0.1, 0.15) is 10.4 Å². The van der Waals surface area contributed by atoms with Crippen LogP contribution in [0.4, 0.5) is 5.95 Å². The number of imidazole rings is 1. The number of anilines is 1. The molecule has 3 aromatic rings. The van der Waals surface area contributed by atoms with Crippen LogP contribution in [0.5, 0.6) is 0 Å². The second kappa shape index (κ2) is 6.50. The fraction of sp³-hybridized carbons (Fsp3) is 0.0625. The van der Waals surface area contributed by atoms with Crippen LogP contribution >= 0.6 is 11.6 Å². The van der Waals surface area contributed by atoms with Gasteiger partial charge in [-0.2, -0.15) is 0 Å². The molecule has 0 aliphatic carbocycles. The lowest BCUT2D eigenvalue weighted by Crippen LogP contribution is -2.33. The van der Waals surface area contributed by atoms with Crippen LogP contribution in [0.25, 0.3) is 11.0 Å². The molecule has 6 nitrogen and oxygen atoms in total. The second-order valence-corrected chi connectivity index (χ2v) is 5.28. The first-order valence-electron chi connectivity index (χ1n) is 6.90. The Morgan fingerprint density at radius 2 is 1.96 bits per heavy atom. The molecule has 2 aromatic carbocycles. The van der Waals surface area contributed by atoms with Gasteiger partial charge in [0, 0.05) is 10.6 Å². The highest BCUT2D eigenvalue weighted by atomic mass is 35.5. The van der Waals surface area contributed by atoms with Crippen LogP contribution in [0.15, 0.2) is 48.5 Å². The van der Waals surface area contributed by atoms with Gasteiger partial charge in [-0.3, -0.25) is 14.9 Å². The maximum atomic E-state index is 11.9. The third kappa shape index (κ3) is 3.67. The van der Waals surface area contributed by atoms with Gasteiger partial charge >= 0.3 is 0 Å². The monoisotopic (exact) mass is 328 g/mol. The van der Waals surface area contributed by atoms with Gasteiger partial charge in [0.1, 0.15) is 0 Å². The molecule has 3 N–H and O–H groups in total. The van der Waals surface area contributed by atoms with Gasteiger partial charge in [-0.05, 0) is 30.3 Å². The molecule has 0 spiro atoms. The molecule has 1 aromatic heterocycles. The smallest absolute Gasteiger partial charge is 0.251 e. The summed E-state index contributed by atoms with van der Waals surface area (Å²) in [6, 6.07) is 13.9. The number of rotatable bonds is 4. The van der Waals surface area contributed by atoms with E-state index >= 15 is 0 Å². The average molecular weight is 329 g/mol. The van der Waals surface area contributed by atoms with E-state index in [0.29, 0.717) is 16.5 Å². The predicted octanol–water partition coefficient (Wildman–Crippen LogP) is 2.58. The molecule has 0 saturated heterocycles. The first kappa shape index (κ1) is 15.1. The molecule has 0 unspecified atom stereocenters. The summed E-state index contributed by atoms with van der Waals surface area (Å²) in [6.07, 6.45) is 0. The lowest BCUT2D eigenvalue weighted by Gasteiger charge is -2.05. The summed E-state index contributed by atoms with van der Waals surface area (Å²) in [6.45, 7) is -0.164. The number of amides is 2. The molecule has 0 fully saturated rings. The molecule has 0 atom stereocenters. The minimum atomic E-state index is -0.376. The van der Waals surface area contributed by atoms with Crippen molar-refractivity contribution in [2.24, 2.45) is 0 Å². The van der Waals surface area contributed by atoms with Crippen molar-refractivity contribution in [2.45, 2.75) is 0 Å². The Labute approximate surface area is 136 Å². The van der Waals surface area contributed by atoms with Crippen LogP contribution in [0.3, 0.4) is 0 Å². The highest BCUT2D eigenvalue weighted by Gasteiger charge is 2.10. The van der Waals surface area contributed by atoms with Crippen molar-refractivity contribution < 1.29 is 9.59 Å². The Balaban J connectivity index is 1.58. The summed E-state index contributed by atoms with van der Waals surface area (Å²) in [5.74, 6) is -0.403. The Morgan fingerprint density at radius 1 is 1.13 bits per heavy atom. The van der Waals surface area contributed by atoms with E-state index < -0.39 is 0 Å². The Morgan fingerprint density at radius 3 is 2.74 bits per heavy atom. The lowest BCUT2D eigenvalue weighted by molar-refractivity contribution is -0.115. The Bertz CT molecular complexity index is 842. The van der Waals surface area contributed by atoms with Crippen LogP contribution < -0.4 is 10.6 Å². The van der Waals surface area contributed by atoms with Crippen molar-refractivity contribution in [1.82, 2.24) is 15.3 Å². The molecule has 1 heterocycles. The zero-order valence-electron chi connectivity index (χ0n) is 12.0. The molecule has 3 rings (SSSR count). The first-order valence-corrected chi connectivity index (χ1v) is 7.28. The number of benzene rings is 2. The van der Waals surface area contributed by atoms with Gasteiger partial charge in [-0.1, -0.05) is 29.8 Å². The van der Waals surface area contributed by atoms with E-state index in [4.69, 9.17) is 11.6 Å². The molecule has 0 saturated carbocycles. The molecular weight excluding hydrogens is 316 g/mol. The van der Waals surface area contributed by atoms with Crippen molar-refractivity contribution in [3.63, 3.8) is 0 Å². The van der Waals surface area contributed by atoms with Crippen molar-refractivity contribution in [3.8, 4) is 0 Å². The number of carbonyl (C=O) groups is 2. The molecular formula is C16H13ClN4O2. The number of nitrogens with one attached hydrogen (secondary N) is 3. The topological polar surface area (TPSA) is 86.9 Å². The number of carbonyl (C=O) groups excluding carboxylic acids is 2. The third-order valence-corrected chi connectivity index (χ3v) is 3.38. The van der Waals surface area contributed by atoms with Gasteiger partial charge in [-0.15, -0.1) is 0 Å². The van der Waals surface area contributed by atoms with Gasteiger partial charge in [0.15, 0.2) is 0 Å². The first-order chi connectivity index (χ1) is 11.1. The summed E-state index contributed by atoms with van der Waals surface area (Å²) in [7, 11) is 0. The largest absolute Gasteiger partial charge is 0.343 e. The zero-order valence-corrected chi connectivity index (χ0v) is 12.7. The van der Waals surface area contributed by atoms with Crippen molar-refractivity contribution >= 4 is 40.4 Å². The SMILES string of the molecule is O=C(CNC(=O)c1cccc(Cl)c1)Nc1nc2ccccc2[nH]1. The van der Waals surface area contributed by atoms with Crippen molar-refractivity contribution in [3.05, 3.63) is 59.1 Å². The van der Waals surface area contributed by atoms with Gasteiger partial charge < -0.3 is 10.3 Å². The van der Waals surface area contributed by atoms with Crippen LogP contribution in [-0.2, 0) is 4.79 Å². The van der Waals surface area contributed by atoms with E-state index in [1.54, 1.807) is 18.2 Å². The van der Waals surface area contributed by atoms with Gasteiger partial charge in [0.25, 0.3) is 5.91 Å². The number of hydrogen-bond donors (Lipinski definition) is 3. The normalized spacial score (nSPS) is 10.5. The zero-order chi connectivity index (χ0) is 16.2. The highest BCUT2D eigenvalue weighted by molar-refractivity contribution is 6.31. The summed E-state index contributed by atoms with van der Waals surface area (Å²) in [5, 5.41) is 5.59. The third-order valence-electron chi connectivity index (χ3n) is 3.14.